The number of carbonyl (C=O) groups is 2. The number of rotatable bonds is 4. The van der Waals surface area contributed by atoms with Crippen LogP contribution in [-0.4, -0.2) is 76.4 Å². The van der Waals surface area contributed by atoms with E-state index in [1.807, 2.05) is 0 Å². The van der Waals surface area contributed by atoms with Crippen molar-refractivity contribution in [2.45, 2.75) is 18.3 Å². The molecule has 1 fully saturated rings. The zero-order chi connectivity index (χ0) is 21.3. The molecule has 0 saturated carbocycles. The van der Waals surface area contributed by atoms with Crippen LogP contribution in [0.2, 0.25) is 0 Å². The average Bonchev–Trinajstić information content (AvgIpc) is 3.17. The molecule has 11 nitrogen and oxygen atoms in total. The lowest BCUT2D eigenvalue weighted by Crippen LogP contribution is -2.44. The second-order valence-electron chi connectivity index (χ2n) is 5.34. The Morgan fingerprint density at radius 2 is 2.07 bits per heavy atom. The Balaban J connectivity index is 0.000000345. The Labute approximate surface area is 159 Å². The van der Waals surface area contributed by atoms with E-state index in [0.29, 0.717) is 10.1 Å². The zero-order valence-electron chi connectivity index (χ0n) is 13.6. The van der Waals surface area contributed by atoms with Crippen LogP contribution in [0.4, 0.5) is 18.0 Å². The molecule has 2 bridgehead atoms. The molecule has 0 unspecified atom stereocenters. The molecular weight excluding hydrogens is 433 g/mol. The van der Waals surface area contributed by atoms with Crippen molar-refractivity contribution >= 4 is 39.3 Å². The quantitative estimate of drug-likeness (QED) is 0.553. The maximum atomic E-state index is 12.2. The molecule has 1 aromatic heterocycles. The lowest BCUT2D eigenvalue weighted by molar-refractivity contribution is -0.192. The summed E-state index contributed by atoms with van der Waals surface area (Å²) in [6.07, 6.45) is -1.75. The summed E-state index contributed by atoms with van der Waals surface area (Å²) in [6, 6.07) is -1.69. The van der Waals surface area contributed by atoms with E-state index in [1.54, 1.807) is 17.7 Å². The summed E-state index contributed by atoms with van der Waals surface area (Å²) in [4.78, 5) is 26.7. The first kappa shape index (κ1) is 22.0. The van der Waals surface area contributed by atoms with Gasteiger partial charge in [0.1, 0.15) is 5.01 Å². The number of carboxylic acid groups (broad SMARTS) is 1. The van der Waals surface area contributed by atoms with Gasteiger partial charge in [-0.2, -0.15) is 26.7 Å². The number of nitrogens with zero attached hydrogens (tertiary/aromatic N) is 3. The van der Waals surface area contributed by atoms with Gasteiger partial charge < -0.3 is 15.7 Å². The van der Waals surface area contributed by atoms with Gasteiger partial charge in [-0.15, -0.1) is 15.6 Å². The number of fused-ring (bicyclic) bond motifs is 2. The van der Waals surface area contributed by atoms with Crippen molar-refractivity contribution in [1.82, 2.24) is 14.9 Å². The molecule has 28 heavy (non-hydrogen) atoms. The number of halogens is 3. The van der Waals surface area contributed by atoms with Crippen molar-refractivity contribution < 1.29 is 45.1 Å². The van der Waals surface area contributed by atoms with E-state index in [9.17, 15) is 26.4 Å². The summed E-state index contributed by atoms with van der Waals surface area (Å²) in [7, 11) is -4.77. The minimum Gasteiger partial charge on any atom is -0.475 e. The first-order valence-corrected chi connectivity index (χ1v) is 9.48. The maximum Gasteiger partial charge on any atom is 0.490 e. The fraction of sp³-hybridized carbons (Fsp3) is 0.417. The summed E-state index contributed by atoms with van der Waals surface area (Å²) in [5, 5.41) is 10.3. The van der Waals surface area contributed by atoms with Gasteiger partial charge in [0.05, 0.1) is 12.1 Å². The highest BCUT2D eigenvalue weighted by atomic mass is 32.3. The molecule has 2 amide bonds. The zero-order valence-corrected chi connectivity index (χ0v) is 15.2. The molecule has 1 aromatic rings. The fourth-order valence-corrected chi connectivity index (χ4v) is 3.60. The van der Waals surface area contributed by atoms with Gasteiger partial charge in [-0.1, -0.05) is 0 Å². The van der Waals surface area contributed by atoms with Crippen LogP contribution < -0.4 is 5.73 Å². The van der Waals surface area contributed by atoms with Crippen LogP contribution in [0.1, 0.15) is 5.01 Å². The number of carbonyl (C=O) groups excluding carboxylic acids is 1. The molecule has 156 valence electrons. The van der Waals surface area contributed by atoms with Gasteiger partial charge in [-0.3, -0.25) is 4.55 Å². The first-order chi connectivity index (χ1) is 12.8. The van der Waals surface area contributed by atoms with Crippen LogP contribution in [0.15, 0.2) is 17.7 Å². The van der Waals surface area contributed by atoms with Crippen molar-refractivity contribution in [3.8, 4) is 0 Å². The minimum absolute atomic E-state index is 0.170. The van der Waals surface area contributed by atoms with E-state index in [2.05, 4.69) is 9.27 Å². The molecule has 16 heteroatoms. The highest BCUT2D eigenvalue weighted by molar-refractivity contribution is 7.80. The van der Waals surface area contributed by atoms with Crippen molar-refractivity contribution in [2.75, 3.05) is 13.1 Å². The van der Waals surface area contributed by atoms with Crippen LogP contribution >= 0.6 is 11.3 Å². The van der Waals surface area contributed by atoms with Gasteiger partial charge in [0, 0.05) is 30.2 Å². The van der Waals surface area contributed by atoms with Crippen molar-refractivity contribution in [2.24, 2.45) is 5.73 Å². The van der Waals surface area contributed by atoms with Gasteiger partial charge in [0.15, 0.2) is 0 Å². The minimum atomic E-state index is -5.08. The molecular formula is C12H13F3N4O7S2. The Bertz CT molecular complexity index is 872. The monoisotopic (exact) mass is 446 g/mol. The SMILES string of the molecule is NC[C@@H]1C(c2nccs2)=C[C@@H]2CN1C(=O)N2OS(=O)(=O)O.O=C(O)C(F)(F)F. The normalized spacial score (nSPS) is 21.9. The van der Waals surface area contributed by atoms with Crippen LogP contribution in [0.3, 0.4) is 0 Å². The summed E-state index contributed by atoms with van der Waals surface area (Å²) in [5.41, 5.74) is 6.48. The lowest BCUT2D eigenvalue weighted by Gasteiger charge is -2.29. The van der Waals surface area contributed by atoms with E-state index >= 15 is 0 Å². The predicted octanol–water partition coefficient (Wildman–Crippen LogP) is 0.341. The second kappa shape index (κ2) is 8.00. The lowest BCUT2D eigenvalue weighted by atomic mass is 10.00. The van der Waals surface area contributed by atoms with Crippen LogP contribution in [0.5, 0.6) is 0 Å². The number of alkyl halides is 3. The van der Waals surface area contributed by atoms with E-state index in [0.717, 1.165) is 5.57 Å². The summed E-state index contributed by atoms with van der Waals surface area (Å²) >= 11 is 1.40. The van der Waals surface area contributed by atoms with Crippen molar-refractivity contribution in [3.63, 3.8) is 0 Å². The third kappa shape index (κ3) is 4.96. The van der Waals surface area contributed by atoms with Crippen LogP contribution in [0.25, 0.3) is 5.57 Å². The molecule has 2 aliphatic rings. The molecule has 4 N–H and O–H groups in total. The third-order valence-corrected chi connectivity index (χ3v) is 4.72. The Kier molecular flexibility index (Phi) is 6.29. The molecule has 0 aromatic carbocycles. The number of hydrogen-bond acceptors (Lipinski definition) is 8. The smallest absolute Gasteiger partial charge is 0.475 e. The summed E-state index contributed by atoms with van der Waals surface area (Å²) in [5.74, 6) is -2.76. The highest BCUT2D eigenvalue weighted by Crippen LogP contribution is 2.35. The molecule has 3 heterocycles. The number of nitrogens with two attached hydrogens (primary N) is 1. The standard InChI is InChI=1S/C10H12N4O5S2.C2HF3O2/c11-4-8-7(9-12-1-2-20-9)3-6-5-13(8)10(15)14(6)19-21(16,17)18;3-2(4,5)1(6)7/h1-3,6,8H,4-5,11H2,(H,16,17,18);(H,6,7)/t6-,8-;/m1./s1. The Morgan fingerprint density at radius 3 is 2.50 bits per heavy atom. The predicted molar refractivity (Wildman–Crippen MR) is 87.0 cm³/mol. The number of amides is 2. The molecule has 0 radical (unpaired) electrons. The summed E-state index contributed by atoms with van der Waals surface area (Å²) < 4.78 is 66.6. The molecule has 0 aliphatic carbocycles. The molecule has 2 aliphatic heterocycles. The molecule has 2 atom stereocenters. The second-order valence-corrected chi connectivity index (χ2v) is 7.24. The van der Waals surface area contributed by atoms with Crippen molar-refractivity contribution in [1.29, 1.82) is 0 Å². The van der Waals surface area contributed by atoms with Gasteiger partial charge in [0.2, 0.25) is 0 Å². The number of hydrogen-bond donors (Lipinski definition) is 3. The molecule has 3 rings (SSSR count). The molecule has 1 saturated heterocycles. The van der Waals surface area contributed by atoms with Gasteiger partial charge >= 0.3 is 28.6 Å². The van der Waals surface area contributed by atoms with E-state index in [4.69, 9.17) is 20.2 Å². The average molecular weight is 446 g/mol. The number of aromatic nitrogens is 1. The summed E-state index contributed by atoms with van der Waals surface area (Å²) in [6.45, 7) is 0.411. The number of urea groups is 1. The topological polar surface area (TPSA) is 163 Å². The van der Waals surface area contributed by atoms with Gasteiger partial charge in [0.25, 0.3) is 0 Å². The van der Waals surface area contributed by atoms with Crippen LogP contribution in [-0.2, 0) is 19.5 Å². The fourth-order valence-electron chi connectivity index (χ4n) is 2.51. The van der Waals surface area contributed by atoms with E-state index in [1.165, 1.54) is 16.2 Å². The highest BCUT2D eigenvalue weighted by Gasteiger charge is 2.47. The van der Waals surface area contributed by atoms with Crippen molar-refractivity contribution in [3.05, 3.63) is 22.7 Å². The molecule has 0 spiro atoms. The first-order valence-electron chi connectivity index (χ1n) is 7.23. The number of hydroxylamine groups is 2. The Hall–Kier alpha value is -2.27. The maximum absolute atomic E-state index is 12.2. The number of aliphatic carboxylic acids is 1. The van der Waals surface area contributed by atoms with E-state index in [-0.39, 0.29) is 13.1 Å². The van der Waals surface area contributed by atoms with Gasteiger partial charge in [-0.05, 0) is 6.08 Å². The van der Waals surface area contributed by atoms with Gasteiger partial charge in [-0.25, -0.2) is 14.6 Å². The Morgan fingerprint density at radius 1 is 1.46 bits per heavy atom. The van der Waals surface area contributed by atoms with E-state index < -0.39 is 40.7 Å². The third-order valence-electron chi connectivity index (χ3n) is 3.55. The largest absolute Gasteiger partial charge is 0.490 e. The number of carboxylic acids is 1. The number of thiazole rings is 1. The van der Waals surface area contributed by atoms with Crippen LogP contribution in [0, 0.1) is 0 Å².